The van der Waals surface area contributed by atoms with Gasteiger partial charge in [0, 0.05) is 13.1 Å². The number of rotatable bonds is 18. The van der Waals surface area contributed by atoms with E-state index in [0.717, 1.165) is 0 Å². The quantitative estimate of drug-likeness (QED) is 0.0446. The Morgan fingerprint density at radius 2 is 1.21 bits per heavy atom. The highest BCUT2D eigenvalue weighted by Gasteiger charge is 2.31. The summed E-state index contributed by atoms with van der Waals surface area (Å²) in [6, 6.07) is -4.85. The smallest absolute Gasteiger partial charge is 0.326 e. The summed E-state index contributed by atoms with van der Waals surface area (Å²) in [5, 5.41) is 16.9. The molecule has 216 valence electrons. The van der Waals surface area contributed by atoms with Crippen molar-refractivity contribution < 1.29 is 29.1 Å². The molecule has 0 saturated heterocycles. The predicted octanol–water partition coefficient (Wildman–Crippen LogP) is -4.51. The Labute approximate surface area is 220 Å². The van der Waals surface area contributed by atoms with Crippen molar-refractivity contribution in [3.8, 4) is 0 Å². The number of primary amides is 1. The van der Waals surface area contributed by atoms with Crippen LogP contribution in [0.2, 0.25) is 0 Å². The van der Waals surface area contributed by atoms with Crippen molar-refractivity contribution in [2.45, 2.75) is 70.1 Å². The molecule has 38 heavy (non-hydrogen) atoms. The molecule has 0 saturated carbocycles. The Bertz CT molecular complexity index is 885. The largest absolute Gasteiger partial charge is 0.480 e. The van der Waals surface area contributed by atoms with Gasteiger partial charge in [-0.25, -0.2) is 4.79 Å². The van der Waals surface area contributed by atoms with E-state index in [2.05, 4.69) is 25.9 Å². The first-order valence-electron chi connectivity index (χ1n) is 11.9. The molecule has 4 unspecified atom stereocenters. The molecular weight excluding hydrogens is 502 g/mol. The van der Waals surface area contributed by atoms with Crippen LogP contribution in [0.1, 0.15) is 46.0 Å². The van der Waals surface area contributed by atoms with E-state index in [9.17, 15) is 29.1 Å². The number of carboxylic acid groups (broad SMARTS) is 1. The van der Waals surface area contributed by atoms with Crippen LogP contribution >= 0.6 is 0 Å². The number of carbonyl (C=O) groups excluding carboxylic acids is 4. The van der Waals surface area contributed by atoms with Crippen molar-refractivity contribution in [1.29, 1.82) is 0 Å². The maximum Gasteiger partial charge on any atom is 0.326 e. The molecule has 4 amide bonds. The van der Waals surface area contributed by atoms with Crippen LogP contribution in [-0.4, -0.2) is 83.9 Å². The van der Waals surface area contributed by atoms with E-state index in [1.165, 1.54) is 0 Å². The molecule has 0 aliphatic carbocycles. The number of hydrogen-bond donors (Lipinski definition) is 10. The molecule has 4 atom stereocenters. The number of hydrogen-bond acceptors (Lipinski definition) is 8. The van der Waals surface area contributed by atoms with Gasteiger partial charge in [0.25, 0.3) is 0 Å². The molecule has 17 nitrogen and oxygen atoms in total. The van der Waals surface area contributed by atoms with Crippen molar-refractivity contribution in [3.63, 3.8) is 0 Å². The predicted molar refractivity (Wildman–Crippen MR) is 140 cm³/mol. The van der Waals surface area contributed by atoms with E-state index < -0.39 is 66.1 Å². The lowest BCUT2D eigenvalue weighted by Gasteiger charge is -2.27. The second-order valence-electron chi connectivity index (χ2n) is 8.87. The van der Waals surface area contributed by atoms with Crippen molar-refractivity contribution in [2.75, 3.05) is 13.1 Å². The number of amides is 4. The van der Waals surface area contributed by atoms with Crippen LogP contribution in [0, 0.1) is 5.92 Å². The van der Waals surface area contributed by atoms with Crippen molar-refractivity contribution in [3.05, 3.63) is 0 Å². The number of aliphatic carboxylic acids is 1. The lowest BCUT2D eigenvalue weighted by Crippen LogP contribution is -2.58. The lowest BCUT2D eigenvalue weighted by atomic mass is 10.0. The van der Waals surface area contributed by atoms with Gasteiger partial charge in [0.05, 0.1) is 12.5 Å². The van der Waals surface area contributed by atoms with Gasteiger partial charge >= 0.3 is 5.97 Å². The third-order valence-corrected chi connectivity index (χ3v) is 5.14. The number of guanidine groups is 2. The number of carbonyl (C=O) groups is 5. The van der Waals surface area contributed by atoms with Crippen LogP contribution in [0.25, 0.3) is 0 Å². The number of carboxylic acids is 1. The molecule has 0 aromatic carbocycles. The fourth-order valence-corrected chi connectivity index (χ4v) is 3.17. The van der Waals surface area contributed by atoms with Gasteiger partial charge in [-0.2, -0.15) is 0 Å². The summed E-state index contributed by atoms with van der Waals surface area (Å²) in [4.78, 5) is 68.7. The minimum Gasteiger partial charge on any atom is -0.480 e. The van der Waals surface area contributed by atoms with Crippen LogP contribution in [0.3, 0.4) is 0 Å². The van der Waals surface area contributed by atoms with Gasteiger partial charge in [0.2, 0.25) is 23.6 Å². The molecule has 0 bridgehead atoms. The van der Waals surface area contributed by atoms with Crippen LogP contribution in [0.4, 0.5) is 0 Å². The zero-order valence-corrected chi connectivity index (χ0v) is 21.7. The van der Waals surface area contributed by atoms with Crippen LogP contribution in [-0.2, 0) is 24.0 Å². The third-order valence-electron chi connectivity index (χ3n) is 5.14. The average molecular weight is 544 g/mol. The van der Waals surface area contributed by atoms with Gasteiger partial charge < -0.3 is 55.5 Å². The topological polar surface area (TPSA) is 323 Å². The normalized spacial score (nSPS) is 13.8. The summed E-state index contributed by atoms with van der Waals surface area (Å²) >= 11 is 0. The summed E-state index contributed by atoms with van der Waals surface area (Å²) in [5.74, 6) is -5.09. The molecule has 0 fully saturated rings. The Hall–Kier alpha value is -4.15. The van der Waals surface area contributed by atoms with Gasteiger partial charge in [0.15, 0.2) is 11.9 Å². The standard InChI is InChI=1S/C21H41N11O6/c1-10(2)15(18(36)31-13(19(37)38)6-4-8-29-21(26)27)32-17(35)12(5-3-7-28-20(24)25)30-16(34)11(22)9-14(23)33/h10-13,15H,3-9,22H2,1-2H3,(H2,23,33)(H,30,34)(H,31,36)(H,32,35)(H,37,38)(H4,24,25,28)(H4,26,27,29). The third kappa shape index (κ3) is 14.4. The molecule has 17 heteroatoms. The van der Waals surface area contributed by atoms with Crippen molar-refractivity contribution >= 4 is 41.5 Å². The van der Waals surface area contributed by atoms with Gasteiger partial charge in [-0.05, 0) is 31.6 Å². The van der Waals surface area contributed by atoms with Gasteiger partial charge in [0.1, 0.15) is 18.1 Å². The van der Waals surface area contributed by atoms with E-state index in [4.69, 9.17) is 34.4 Å². The van der Waals surface area contributed by atoms with E-state index in [0.29, 0.717) is 0 Å². The molecular formula is C21H41N11O6. The molecule has 0 aliphatic rings. The lowest BCUT2D eigenvalue weighted by molar-refractivity contribution is -0.142. The minimum atomic E-state index is -1.29. The molecule has 0 rings (SSSR count). The summed E-state index contributed by atoms with van der Waals surface area (Å²) in [5.41, 5.74) is 31.8. The van der Waals surface area contributed by atoms with E-state index in [1.54, 1.807) is 13.8 Å². The Morgan fingerprint density at radius 3 is 1.63 bits per heavy atom. The SMILES string of the molecule is CC(C)C(NC(=O)C(CCCN=C(N)N)NC(=O)C(N)CC(N)=O)C(=O)NC(CCCN=C(N)N)C(=O)O. The Kier molecular flexibility index (Phi) is 15.4. The van der Waals surface area contributed by atoms with E-state index in [1.807, 2.05) is 0 Å². The van der Waals surface area contributed by atoms with Crippen LogP contribution in [0.5, 0.6) is 0 Å². The fourth-order valence-electron chi connectivity index (χ4n) is 3.17. The fraction of sp³-hybridized carbons (Fsp3) is 0.667. The summed E-state index contributed by atoms with van der Waals surface area (Å²) in [7, 11) is 0. The van der Waals surface area contributed by atoms with Crippen LogP contribution < -0.4 is 50.4 Å². The highest BCUT2D eigenvalue weighted by atomic mass is 16.4. The first kappa shape index (κ1) is 33.8. The van der Waals surface area contributed by atoms with Crippen molar-refractivity contribution in [2.24, 2.45) is 50.3 Å². The summed E-state index contributed by atoms with van der Waals surface area (Å²) < 4.78 is 0. The first-order valence-corrected chi connectivity index (χ1v) is 11.9. The van der Waals surface area contributed by atoms with E-state index in [-0.39, 0.29) is 50.7 Å². The monoisotopic (exact) mass is 543 g/mol. The number of nitrogens with two attached hydrogens (primary N) is 6. The molecule has 16 N–H and O–H groups in total. The molecule has 0 aromatic heterocycles. The van der Waals surface area contributed by atoms with Crippen molar-refractivity contribution in [1.82, 2.24) is 16.0 Å². The molecule has 0 spiro atoms. The zero-order valence-electron chi connectivity index (χ0n) is 21.7. The highest BCUT2D eigenvalue weighted by molar-refractivity contribution is 5.95. The van der Waals surface area contributed by atoms with Gasteiger partial charge in [-0.1, -0.05) is 13.8 Å². The minimum absolute atomic E-state index is 0.0395. The molecule has 0 heterocycles. The highest BCUT2D eigenvalue weighted by Crippen LogP contribution is 2.08. The Morgan fingerprint density at radius 1 is 0.737 bits per heavy atom. The second-order valence-corrected chi connectivity index (χ2v) is 8.87. The Balaban J connectivity index is 5.52. The van der Waals surface area contributed by atoms with Gasteiger partial charge in [-0.15, -0.1) is 0 Å². The number of nitrogens with one attached hydrogen (secondary N) is 3. The second kappa shape index (κ2) is 17.3. The average Bonchev–Trinajstić information content (AvgIpc) is 2.79. The maximum atomic E-state index is 13.1. The van der Waals surface area contributed by atoms with E-state index >= 15 is 0 Å². The first-order chi connectivity index (χ1) is 17.6. The number of nitrogens with zero attached hydrogens (tertiary/aromatic N) is 2. The molecule has 0 aromatic rings. The molecule has 0 aliphatic heterocycles. The summed E-state index contributed by atoms with van der Waals surface area (Å²) in [6.45, 7) is 3.62. The summed E-state index contributed by atoms with van der Waals surface area (Å²) in [6.07, 6.45) is 0.218. The maximum absolute atomic E-state index is 13.1. The van der Waals surface area contributed by atoms with Crippen LogP contribution in [0.15, 0.2) is 9.98 Å². The molecule has 0 radical (unpaired) electrons. The number of aliphatic imine (C=N–C) groups is 2. The van der Waals surface area contributed by atoms with Gasteiger partial charge in [-0.3, -0.25) is 29.2 Å². The zero-order chi connectivity index (χ0) is 29.4.